The second-order valence-electron chi connectivity index (χ2n) is 10.6. The second kappa shape index (κ2) is 9.92. The van der Waals surface area contributed by atoms with E-state index in [-0.39, 0.29) is 48.8 Å². The number of amides is 1. The molecule has 5 heterocycles. The summed E-state index contributed by atoms with van der Waals surface area (Å²) in [6.07, 6.45) is 4.57. The molecule has 1 N–H and O–H groups in total. The molecule has 218 valence electrons. The van der Waals surface area contributed by atoms with Gasteiger partial charge in [0.05, 0.1) is 30.4 Å². The summed E-state index contributed by atoms with van der Waals surface area (Å²) >= 11 is 0. The maximum atomic E-state index is 13.5. The van der Waals surface area contributed by atoms with Gasteiger partial charge in [0.25, 0.3) is 11.5 Å². The van der Waals surface area contributed by atoms with Crippen LogP contribution in [0.25, 0.3) is 22.4 Å². The Bertz CT molecular complexity index is 1830. The number of hydrogen-bond donors (Lipinski definition) is 1. The number of anilines is 2. The first kappa shape index (κ1) is 27.4. The third-order valence-corrected chi connectivity index (χ3v) is 8.00. The molecule has 2 fully saturated rings. The number of carbonyl (C=O) groups excluding carboxylic acids is 2. The summed E-state index contributed by atoms with van der Waals surface area (Å²) in [7, 11) is 1.44. The number of rotatable bonds is 8. The highest BCUT2D eigenvalue weighted by Crippen LogP contribution is 2.59. The van der Waals surface area contributed by atoms with Crippen LogP contribution in [0.15, 0.2) is 46.5 Å². The van der Waals surface area contributed by atoms with Crippen molar-refractivity contribution < 1.29 is 18.4 Å². The van der Waals surface area contributed by atoms with Crippen LogP contribution in [0.2, 0.25) is 0 Å². The maximum absolute atomic E-state index is 13.5. The normalized spacial score (nSPS) is 19.5. The lowest BCUT2D eigenvalue weighted by molar-refractivity contribution is -0.120. The van der Waals surface area contributed by atoms with Gasteiger partial charge in [-0.05, 0) is 19.1 Å². The lowest BCUT2D eigenvalue weighted by atomic mass is 10.2. The highest BCUT2D eigenvalue weighted by atomic mass is 19.3. The van der Waals surface area contributed by atoms with E-state index < -0.39 is 41.0 Å². The molecule has 6 rings (SSSR count). The lowest BCUT2D eigenvalue weighted by Crippen LogP contribution is -2.41. The summed E-state index contributed by atoms with van der Waals surface area (Å²) < 4.78 is 30.4. The summed E-state index contributed by atoms with van der Waals surface area (Å²) in [6, 6.07) is 4.08. The van der Waals surface area contributed by atoms with E-state index in [4.69, 9.17) is 0 Å². The van der Waals surface area contributed by atoms with E-state index in [1.165, 1.54) is 22.5 Å². The first-order valence-electron chi connectivity index (χ1n) is 13.4. The van der Waals surface area contributed by atoms with Gasteiger partial charge in [0.2, 0.25) is 11.9 Å². The van der Waals surface area contributed by atoms with Crippen molar-refractivity contribution in [2.24, 2.45) is 18.9 Å². The van der Waals surface area contributed by atoms with Crippen molar-refractivity contribution >= 4 is 34.6 Å². The average Bonchev–Trinajstić information content (AvgIpc) is 3.41. The number of nitrogens with zero attached hydrogens (tertiary/aromatic N) is 8. The fourth-order valence-electron chi connectivity index (χ4n) is 5.32. The predicted molar refractivity (Wildman–Crippen MR) is 147 cm³/mol. The number of ketones is 1. The third-order valence-electron chi connectivity index (χ3n) is 8.00. The first-order chi connectivity index (χ1) is 20.0. The summed E-state index contributed by atoms with van der Waals surface area (Å²) in [6.45, 7) is 3.28. The SMILES string of the molecule is CCC(=O)Cn1c(=O)c2c(ncn2C(C)C(=O)Nc2cccc(-c3cnc(N4CC5C(C4)C5(F)F)nc3)n2)n(C)c1=O. The Morgan fingerprint density at radius 3 is 2.48 bits per heavy atom. The Morgan fingerprint density at radius 2 is 1.81 bits per heavy atom. The molecule has 1 saturated heterocycles. The minimum absolute atomic E-state index is 0.0154. The number of Topliss-reactive ketones (excluding diaryl/α,β-unsaturated/α-hetero) is 1. The number of aryl methyl sites for hydroxylation is 1. The highest BCUT2D eigenvalue weighted by Gasteiger charge is 2.72. The first-order valence-corrected chi connectivity index (χ1v) is 13.4. The van der Waals surface area contributed by atoms with Gasteiger partial charge in [-0.1, -0.05) is 13.0 Å². The van der Waals surface area contributed by atoms with Crippen LogP contribution in [0.1, 0.15) is 26.3 Å². The van der Waals surface area contributed by atoms with Gasteiger partial charge in [-0.2, -0.15) is 0 Å². The van der Waals surface area contributed by atoms with Gasteiger partial charge in [-0.3, -0.25) is 23.5 Å². The molecule has 1 aliphatic carbocycles. The molecular formula is C27H27F2N9O4. The number of fused-ring (bicyclic) bond motifs is 2. The highest BCUT2D eigenvalue weighted by molar-refractivity contribution is 5.93. The van der Waals surface area contributed by atoms with E-state index in [0.717, 1.165) is 4.57 Å². The predicted octanol–water partition coefficient (Wildman–Crippen LogP) is 1.63. The van der Waals surface area contributed by atoms with Crippen molar-refractivity contribution in [2.75, 3.05) is 23.3 Å². The standard InChI is InChI=1S/C27H27F2N9O4/c1-4-16(39)10-37-24(41)21-22(35(3)26(37)42)32-13-38(21)14(2)23(40)34-20-7-5-6-19(33-20)15-8-30-25(31-9-15)36-11-17-18(12-36)27(17,28)29/h5-9,13-14,17-18H,4,10-12H2,1-3H3,(H,33,34,40). The summed E-state index contributed by atoms with van der Waals surface area (Å²) in [5.41, 5.74) is -0.228. The fourth-order valence-corrected chi connectivity index (χ4v) is 5.32. The molecule has 1 amide bonds. The molecule has 0 radical (unpaired) electrons. The van der Waals surface area contributed by atoms with Crippen LogP contribution in [-0.2, 0) is 23.2 Å². The molecule has 13 nitrogen and oxygen atoms in total. The molecule has 2 aliphatic rings. The molecule has 42 heavy (non-hydrogen) atoms. The van der Waals surface area contributed by atoms with Crippen molar-refractivity contribution in [1.82, 2.24) is 33.6 Å². The topological polar surface area (TPSA) is 150 Å². The number of piperidine rings is 1. The maximum Gasteiger partial charge on any atom is 0.332 e. The lowest BCUT2D eigenvalue weighted by Gasteiger charge is -2.19. The molecule has 3 unspecified atom stereocenters. The number of alkyl halides is 2. The zero-order valence-electron chi connectivity index (χ0n) is 23.0. The van der Waals surface area contributed by atoms with Crippen molar-refractivity contribution in [2.45, 2.75) is 38.8 Å². The van der Waals surface area contributed by atoms with Crippen molar-refractivity contribution in [1.29, 1.82) is 0 Å². The molecule has 15 heteroatoms. The number of imidazole rings is 1. The van der Waals surface area contributed by atoms with Gasteiger partial charge < -0.3 is 14.8 Å². The van der Waals surface area contributed by atoms with Crippen molar-refractivity contribution in [3.63, 3.8) is 0 Å². The van der Waals surface area contributed by atoms with Gasteiger partial charge in [0.1, 0.15) is 11.9 Å². The third kappa shape index (κ3) is 4.44. The largest absolute Gasteiger partial charge is 0.340 e. The quantitative estimate of drug-likeness (QED) is 0.329. The van der Waals surface area contributed by atoms with E-state index in [1.807, 2.05) is 0 Å². The monoisotopic (exact) mass is 579 g/mol. The van der Waals surface area contributed by atoms with E-state index in [1.54, 1.807) is 49.3 Å². The Balaban J connectivity index is 1.20. The molecule has 0 aromatic carbocycles. The Labute approximate surface area is 236 Å². The number of carbonyl (C=O) groups is 2. The number of halogens is 2. The summed E-state index contributed by atoms with van der Waals surface area (Å²) in [4.78, 5) is 70.2. The van der Waals surface area contributed by atoms with Crippen LogP contribution in [-0.4, -0.2) is 64.3 Å². The van der Waals surface area contributed by atoms with Gasteiger partial charge in [0, 0.05) is 44.5 Å². The van der Waals surface area contributed by atoms with Crippen LogP contribution in [0.4, 0.5) is 20.5 Å². The smallest absolute Gasteiger partial charge is 0.332 e. The van der Waals surface area contributed by atoms with Gasteiger partial charge >= 0.3 is 5.69 Å². The molecule has 1 saturated carbocycles. The van der Waals surface area contributed by atoms with E-state index in [0.29, 0.717) is 17.2 Å². The second-order valence-corrected chi connectivity index (χ2v) is 10.6. The van der Waals surface area contributed by atoms with E-state index in [2.05, 4.69) is 25.3 Å². The van der Waals surface area contributed by atoms with Crippen LogP contribution >= 0.6 is 0 Å². The minimum Gasteiger partial charge on any atom is -0.340 e. The van der Waals surface area contributed by atoms with E-state index in [9.17, 15) is 28.0 Å². The van der Waals surface area contributed by atoms with E-state index >= 15 is 0 Å². The zero-order valence-corrected chi connectivity index (χ0v) is 23.0. The number of hydrogen-bond acceptors (Lipinski definition) is 9. The Kier molecular flexibility index (Phi) is 6.46. The van der Waals surface area contributed by atoms with Gasteiger partial charge in [0.15, 0.2) is 16.9 Å². The molecule has 0 spiro atoms. The van der Waals surface area contributed by atoms with Crippen LogP contribution in [0.5, 0.6) is 0 Å². The van der Waals surface area contributed by atoms with Crippen molar-refractivity contribution in [3.05, 3.63) is 57.8 Å². The number of aromatic nitrogens is 7. The van der Waals surface area contributed by atoms with Crippen LogP contribution in [0, 0.1) is 11.8 Å². The van der Waals surface area contributed by atoms with Crippen LogP contribution in [0.3, 0.4) is 0 Å². The number of pyridine rings is 1. The fraction of sp³-hybridized carbons (Fsp3) is 0.407. The minimum atomic E-state index is -2.58. The van der Waals surface area contributed by atoms with Gasteiger partial charge in [-0.25, -0.2) is 33.5 Å². The number of nitrogens with one attached hydrogen (secondary N) is 1. The average molecular weight is 580 g/mol. The summed E-state index contributed by atoms with van der Waals surface area (Å²) in [5.74, 6) is -4.03. The molecule has 4 aromatic heterocycles. The molecular weight excluding hydrogens is 552 g/mol. The molecule has 4 aromatic rings. The molecule has 3 atom stereocenters. The Hall–Kier alpha value is -4.82. The van der Waals surface area contributed by atoms with Crippen molar-refractivity contribution in [3.8, 4) is 11.3 Å². The molecule has 0 bridgehead atoms. The summed E-state index contributed by atoms with van der Waals surface area (Å²) in [5, 5.41) is 2.73. The molecule has 1 aliphatic heterocycles. The zero-order chi connectivity index (χ0) is 29.9. The Morgan fingerprint density at radius 1 is 1.12 bits per heavy atom. The van der Waals surface area contributed by atoms with Crippen LogP contribution < -0.4 is 21.5 Å². The van der Waals surface area contributed by atoms with Gasteiger partial charge in [-0.15, -0.1) is 0 Å².